The number of rotatable bonds is 11. The first-order valence-electron chi connectivity index (χ1n) is 30.0. The van der Waals surface area contributed by atoms with Crippen LogP contribution in [0.4, 0.5) is 17.1 Å². The Morgan fingerprint density at radius 1 is 0.337 bits per heavy atom. The second-order valence-corrected chi connectivity index (χ2v) is 23.4. The molecule has 14 aromatic rings. The summed E-state index contributed by atoms with van der Waals surface area (Å²) in [4.78, 5) is 2.40. The molecule has 2 heteroatoms. The number of nitrogens with zero attached hydrogens (tertiary/aromatic N) is 2. The zero-order chi connectivity index (χ0) is 57.2. The molecule has 1 aromatic heterocycles. The Labute approximate surface area is 503 Å². The lowest BCUT2D eigenvalue weighted by molar-refractivity contribution is 0.601. The normalized spacial score (nSPS) is 14.9. The number of para-hydroxylation sites is 2. The Balaban J connectivity index is 0.745. The maximum atomic E-state index is 2.45. The van der Waals surface area contributed by atoms with Crippen molar-refractivity contribution in [2.45, 2.75) is 24.2 Å². The van der Waals surface area contributed by atoms with Gasteiger partial charge in [0.15, 0.2) is 0 Å². The highest BCUT2D eigenvalue weighted by Crippen LogP contribution is 2.57. The minimum Gasteiger partial charge on any atom is -0.311 e. The van der Waals surface area contributed by atoms with E-state index in [1.54, 1.807) is 0 Å². The average Bonchev–Trinajstić information content (AvgIpc) is 1.89. The van der Waals surface area contributed by atoms with Gasteiger partial charge >= 0.3 is 0 Å². The van der Waals surface area contributed by atoms with Crippen LogP contribution in [0.15, 0.2) is 334 Å². The molecule has 0 N–H and O–H groups in total. The maximum Gasteiger partial charge on any atom is 0.0713 e. The van der Waals surface area contributed by atoms with Gasteiger partial charge in [0.1, 0.15) is 0 Å². The molecule has 0 spiro atoms. The molecule has 0 saturated heterocycles. The van der Waals surface area contributed by atoms with Gasteiger partial charge < -0.3 is 9.47 Å². The molecule has 1 heterocycles. The van der Waals surface area contributed by atoms with E-state index in [0.717, 1.165) is 29.2 Å². The van der Waals surface area contributed by atoms with E-state index in [1.807, 2.05) is 0 Å². The summed E-state index contributed by atoms with van der Waals surface area (Å²) in [6, 6.07) is 117. The number of hydrogen-bond acceptors (Lipinski definition) is 1. The maximum absolute atomic E-state index is 2.45. The van der Waals surface area contributed by atoms with Crippen LogP contribution in [-0.2, 0) is 10.8 Å². The van der Waals surface area contributed by atoms with E-state index in [4.69, 9.17) is 0 Å². The van der Waals surface area contributed by atoms with E-state index in [2.05, 4.69) is 350 Å². The molecule has 1 atom stereocenters. The number of hydrogen-bond donors (Lipinski definition) is 0. The van der Waals surface area contributed by atoms with E-state index < -0.39 is 5.41 Å². The monoisotopic (exact) mass is 1100 g/mol. The predicted octanol–water partition coefficient (Wildman–Crippen LogP) is 22.1. The molecule has 0 aliphatic heterocycles. The van der Waals surface area contributed by atoms with Crippen molar-refractivity contribution >= 4 is 55.2 Å². The fourth-order valence-electron chi connectivity index (χ4n) is 14.1. The van der Waals surface area contributed by atoms with E-state index in [-0.39, 0.29) is 5.41 Å². The van der Waals surface area contributed by atoms with Gasteiger partial charge in [-0.1, -0.05) is 262 Å². The quantitative estimate of drug-likeness (QED) is 0.125. The first-order valence-corrected chi connectivity index (χ1v) is 30.0. The lowest BCUT2D eigenvalue weighted by atomic mass is 9.67. The third kappa shape index (κ3) is 8.55. The number of allylic oxidation sites excluding steroid dienone is 4. The molecule has 0 saturated carbocycles. The molecule has 0 amide bonds. The van der Waals surface area contributed by atoms with Crippen molar-refractivity contribution in [2.24, 2.45) is 0 Å². The van der Waals surface area contributed by atoms with Crippen LogP contribution in [-0.4, -0.2) is 4.57 Å². The summed E-state index contributed by atoms with van der Waals surface area (Å²) in [7, 11) is 0. The van der Waals surface area contributed by atoms with Crippen molar-refractivity contribution in [3.8, 4) is 50.2 Å². The Bertz CT molecular complexity index is 4900. The summed E-state index contributed by atoms with van der Waals surface area (Å²) < 4.78 is 2.38. The van der Waals surface area contributed by atoms with Crippen LogP contribution in [0.25, 0.3) is 88.3 Å². The van der Waals surface area contributed by atoms with Crippen molar-refractivity contribution in [2.75, 3.05) is 4.90 Å². The van der Waals surface area contributed by atoms with Crippen LogP contribution >= 0.6 is 0 Å². The second kappa shape index (κ2) is 20.8. The van der Waals surface area contributed by atoms with Gasteiger partial charge in [0, 0.05) is 38.9 Å². The fourth-order valence-corrected chi connectivity index (χ4v) is 14.1. The molecule has 16 rings (SSSR count). The van der Waals surface area contributed by atoms with Crippen molar-refractivity contribution in [3.63, 3.8) is 0 Å². The van der Waals surface area contributed by atoms with Gasteiger partial charge in [0.2, 0.25) is 0 Å². The smallest absolute Gasteiger partial charge is 0.0713 e. The summed E-state index contributed by atoms with van der Waals surface area (Å²) in [5.74, 6) is 0. The van der Waals surface area contributed by atoms with Gasteiger partial charge in [0.25, 0.3) is 0 Å². The minimum absolute atomic E-state index is 0.129. The van der Waals surface area contributed by atoms with Gasteiger partial charge in [-0.15, -0.1) is 0 Å². The molecule has 1 unspecified atom stereocenters. The third-order valence-corrected chi connectivity index (χ3v) is 18.5. The lowest BCUT2D eigenvalue weighted by Gasteiger charge is -2.34. The molecular weight excluding hydrogens is 1040 g/mol. The average molecular weight is 1100 g/mol. The zero-order valence-electron chi connectivity index (χ0n) is 47.9. The number of benzene rings is 13. The fraction of sp³-hybridized carbons (Fsp3) is 0.0476. The molecular formula is C84H60N2. The van der Waals surface area contributed by atoms with Crippen LogP contribution < -0.4 is 4.90 Å². The standard InChI is InChI=1S/C84H60N2/c1-83(70-25-17-20-64(55-70)65-33-32-58-18-11-12-19-63(58)54-65)52-50-62(51-53-83)59-34-42-72(43-35-59)85(73-44-36-60(37-45-73)66-41-49-82-78(56-66)77-29-14-16-31-81(77)86(82)71-26-9-4-10-27-71)74-46-38-61(39-47-74)67-40-48-76-75-28-13-15-30-79(75)84(80(76)57-67,68-21-5-2-6-22-68)69-23-7-3-8-24-69/h2-52,54-57H,53H2,1H3. The molecule has 2 nitrogen and oxygen atoms in total. The molecule has 0 radical (unpaired) electrons. The number of anilines is 3. The molecule has 0 bridgehead atoms. The highest BCUT2D eigenvalue weighted by Gasteiger charge is 2.46. The van der Waals surface area contributed by atoms with Gasteiger partial charge in [-0.05, 0) is 180 Å². The molecule has 86 heavy (non-hydrogen) atoms. The predicted molar refractivity (Wildman–Crippen MR) is 362 cm³/mol. The lowest BCUT2D eigenvalue weighted by Crippen LogP contribution is -2.28. The van der Waals surface area contributed by atoms with Crippen molar-refractivity contribution in [3.05, 3.63) is 367 Å². The molecule has 2 aliphatic rings. The SMILES string of the molecule is CC1(c2cccc(-c3ccc4ccccc4c3)c2)C=CC(c2ccc(N(c3ccc(-c4ccc5c(c4)C(c4ccccc4)(c4ccccc4)c4ccccc4-5)cc3)c3ccc(-c4ccc5c(c4)c4ccccc4n5-c4ccccc4)cc3)cc2)=CC1. The molecule has 13 aromatic carbocycles. The van der Waals surface area contributed by atoms with E-state index in [0.29, 0.717) is 0 Å². The van der Waals surface area contributed by atoms with Crippen molar-refractivity contribution < 1.29 is 0 Å². The zero-order valence-corrected chi connectivity index (χ0v) is 47.9. The summed E-state index contributed by atoms with van der Waals surface area (Å²) >= 11 is 0. The summed E-state index contributed by atoms with van der Waals surface area (Å²) in [6.07, 6.45) is 8.07. The Morgan fingerprint density at radius 3 is 1.53 bits per heavy atom. The molecule has 2 aliphatic carbocycles. The molecule has 0 fully saturated rings. The van der Waals surface area contributed by atoms with Crippen molar-refractivity contribution in [1.82, 2.24) is 4.57 Å². The largest absolute Gasteiger partial charge is 0.311 e. The first kappa shape index (κ1) is 50.9. The van der Waals surface area contributed by atoms with Crippen LogP contribution in [0, 0.1) is 0 Å². The Kier molecular flexibility index (Phi) is 12.3. The van der Waals surface area contributed by atoms with E-state index in [1.165, 1.54) is 116 Å². The van der Waals surface area contributed by atoms with Gasteiger partial charge in [-0.25, -0.2) is 0 Å². The van der Waals surface area contributed by atoms with E-state index in [9.17, 15) is 0 Å². The van der Waals surface area contributed by atoms with Gasteiger partial charge in [-0.3, -0.25) is 0 Å². The third-order valence-electron chi connectivity index (χ3n) is 18.5. The summed E-state index contributed by atoms with van der Waals surface area (Å²) in [5.41, 5.74) is 24.9. The minimum atomic E-state index is -0.472. The number of aromatic nitrogens is 1. The van der Waals surface area contributed by atoms with Crippen LogP contribution in [0.5, 0.6) is 0 Å². The van der Waals surface area contributed by atoms with Gasteiger partial charge in [-0.2, -0.15) is 0 Å². The highest BCUT2D eigenvalue weighted by molar-refractivity contribution is 6.10. The van der Waals surface area contributed by atoms with Crippen LogP contribution in [0.1, 0.15) is 46.7 Å². The van der Waals surface area contributed by atoms with Crippen LogP contribution in [0.3, 0.4) is 0 Å². The summed E-state index contributed by atoms with van der Waals surface area (Å²) in [6.45, 7) is 2.36. The van der Waals surface area contributed by atoms with Crippen molar-refractivity contribution in [1.29, 1.82) is 0 Å². The first-order chi connectivity index (χ1) is 42.5. The van der Waals surface area contributed by atoms with Gasteiger partial charge in [0.05, 0.1) is 16.4 Å². The summed E-state index contributed by atoms with van der Waals surface area (Å²) in [5, 5.41) is 5.01. The van der Waals surface area contributed by atoms with Crippen LogP contribution in [0.2, 0.25) is 0 Å². The topological polar surface area (TPSA) is 8.17 Å². The van der Waals surface area contributed by atoms with E-state index >= 15 is 0 Å². The Hall–Kier alpha value is -10.8. The Morgan fingerprint density at radius 2 is 0.849 bits per heavy atom. The molecule has 406 valence electrons. The number of fused-ring (bicyclic) bond motifs is 7. The highest BCUT2D eigenvalue weighted by atomic mass is 15.1. The second-order valence-electron chi connectivity index (χ2n) is 23.4.